The monoisotopic (exact) mass is 634 g/mol. The molecule has 0 radical (unpaired) electrons. The molecule has 14 heteroatoms. The van der Waals surface area contributed by atoms with Crippen LogP contribution in [0.5, 0.6) is 23.3 Å². The molecule has 0 spiro atoms. The van der Waals surface area contributed by atoms with Gasteiger partial charge in [-0.2, -0.15) is 0 Å². The van der Waals surface area contributed by atoms with Crippen LogP contribution < -0.4 is 15.9 Å². The number of nitrogens with zero attached hydrogens (tertiary/aromatic N) is 4. The van der Waals surface area contributed by atoms with Crippen LogP contribution in [0.4, 0.5) is 0 Å². The van der Waals surface area contributed by atoms with Gasteiger partial charge in [0, 0.05) is 32.7 Å². The summed E-state index contributed by atoms with van der Waals surface area (Å²) in [4.78, 5) is 26.9. The lowest BCUT2D eigenvalue weighted by atomic mass is 9.86. The highest BCUT2D eigenvalue weighted by atomic mass is 79.9. The molecule has 0 saturated heterocycles. The van der Waals surface area contributed by atoms with E-state index in [1.165, 1.54) is 50.5 Å². The Morgan fingerprint density at radius 1 is 0.824 bits per heavy atom. The molecule has 0 aliphatic rings. The summed E-state index contributed by atoms with van der Waals surface area (Å²) in [5, 5.41) is 32.5. The largest absolute Gasteiger partial charge is 0.503 e. The molecule has 1 aromatic carbocycles. The average Bonchev–Trinajstić information content (AvgIpc) is 2.82. The van der Waals surface area contributed by atoms with Crippen LogP contribution in [0.15, 0.2) is 24.6 Å². The quantitative estimate of drug-likeness (QED) is 0.374. The van der Waals surface area contributed by atoms with E-state index in [0.29, 0.717) is 0 Å². The predicted octanol–water partition coefficient (Wildman–Crippen LogP) is 3.05. The Bertz CT molecular complexity index is 1500. The zero-order valence-electron chi connectivity index (χ0n) is 18.6. The third-order valence-corrected chi connectivity index (χ3v) is 8.87. The van der Waals surface area contributed by atoms with Gasteiger partial charge in [0.2, 0.25) is 11.8 Å². The molecule has 34 heavy (non-hydrogen) atoms. The fourth-order valence-electron chi connectivity index (χ4n) is 3.66. The van der Waals surface area contributed by atoms with Gasteiger partial charge in [-0.25, -0.2) is 0 Å². The number of phenolic OH excluding ortho intramolecular Hbond substituents is 1. The van der Waals surface area contributed by atoms with Crippen LogP contribution in [0.3, 0.4) is 0 Å². The molecular formula is C20H20Br2N4O6S2. The first kappa shape index (κ1) is 26.2. The Morgan fingerprint density at radius 2 is 1.24 bits per heavy atom. The number of ether oxygens (including phenoxy) is 1. The van der Waals surface area contributed by atoms with Gasteiger partial charge in [0.25, 0.3) is 11.1 Å². The number of phenols is 1. The van der Waals surface area contributed by atoms with Crippen molar-refractivity contribution in [1.29, 1.82) is 0 Å². The molecule has 0 aliphatic heterocycles. The second kappa shape index (κ2) is 9.32. The summed E-state index contributed by atoms with van der Waals surface area (Å²) in [5.74, 6) is -2.54. The van der Waals surface area contributed by atoms with Crippen LogP contribution in [0, 0.1) is 9.54 Å². The first-order valence-corrected chi connectivity index (χ1v) is 11.9. The molecule has 0 atom stereocenters. The summed E-state index contributed by atoms with van der Waals surface area (Å²) in [6.07, 6.45) is 0. The van der Waals surface area contributed by atoms with Crippen molar-refractivity contribution in [2.45, 2.75) is 5.92 Å². The molecule has 0 fully saturated rings. The molecule has 0 amide bonds. The highest BCUT2D eigenvalue weighted by Gasteiger charge is 2.35. The Balaban J connectivity index is 2.69. The van der Waals surface area contributed by atoms with Gasteiger partial charge in [0.1, 0.15) is 0 Å². The summed E-state index contributed by atoms with van der Waals surface area (Å²) < 4.78 is 10.5. The molecule has 2 heterocycles. The van der Waals surface area contributed by atoms with Gasteiger partial charge in [-0.1, -0.05) is 0 Å². The van der Waals surface area contributed by atoms with Gasteiger partial charge in [0.05, 0.1) is 28.6 Å². The fraction of sp³-hybridized carbons (Fsp3) is 0.300. The van der Waals surface area contributed by atoms with Crippen molar-refractivity contribution in [2.75, 3.05) is 7.11 Å². The van der Waals surface area contributed by atoms with E-state index in [0.717, 1.165) is 9.13 Å². The summed E-state index contributed by atoms with van der Waals surface area (Å²) in [6, 6.07) is 1.40. The highest BCUT2D eigenvalue weighted by molar-refractivity contribution is 9.13. The Morgan fingerprint density at radius 3 is 1.62 bits per heavy atom. The van der Waals surface area contributed by atoms with Crippen molar-refractivity contribution in [3.63, 3.8) is 0 Å². The van der Waals surface area contributed by atoms with E-state index in [1.54, 1.807) is 0 Å². The van der Waals surface area contributed by atoms with E-state index in [9.17, 15) is 24.9 Å². The van der Waals surface area contributed by atoms with Crippen LogP contribution in [0.2, 0.25) is 0 Å². The number of rotatable bonds is 4. The molecule has 3 rings (SSSR count). The minimum absolute atomic E-state index is 0.0243. The molecule has 10 nitrogen and oxygen atoms in total. The second-order valence-corrected chi connectivity index (χ2v) is 9.78. The average molecular weight is 636 g/mol. The fourth-order valence-corrected chi connectivity index (χ4v) is 4.95. The number of benzene rings is 1. The number of hydrogen-bond donors (Lipinski definition) is 3. The minimum atomic E-state index is -1.33. The molecule has 0 aliphatic carbocycles. The SMILES string of the molecule is COc1cc(C(c2c(O)n(C)c(=S)n(C)c2=O)c2c(O)n(C)c(=S)n(C)c2=O)c(Br)c(Br)c1O. The normalized spacial score (nSPS) is 11.3. The molecule has 0 saturated carbocycles. The van der Waals surface area contributed by atoms with Gasteiger partial charge in [-0.05, 0) is 67.9 Å². The van der Waals surface area contributed by atoms with E-state index < -0.39 is 28.8 Å². The first-order valence-electron chi connectivity index (χ1n) is 9.50. The van der Waals surface area contributed by atoms with Crippen molar-refractivity contribution >= 4 is 56.3 Å². The lowest BCUT2D eigenvalue weighted by molar-refractivity contribution is 0.370. The van der Waals surface area contributed by atoms with Crippen LogP contribution >= 0.6 is 56.3 Å². The van der Waals surface area contributed by atoms with Crippen molar-refractivity contribution in [3.8, 4) is 23.3 Å². The molecule has 0 bridgehead atoms. The van der Waals surface area contributed by atoms with Crippen LogP contribution in [0.1, 0.15) is 22.6 Å². The maximum Gasteiger partial charge on any atom is 0.262 e. The van der Waals surface area contributed by atoms with Gasteiger partial charge in [-0.15, -0.1) is 0 Å². The molecule has 3 aromatic rings. The summed E-state index contributed by atoms with van der Waals surface area (Å²) in [5.41, 5.74) is -1.61. The lowest BCUT2D eigenvalue weighted by Crippen LogP contribution is -2.33. The van der Waals surface area contributed by atoms with E-state index in [4.69, 9.17) is 29.2 Å². The third kappa shape index (κ3) is 3.82. The Labute approximate surface area is 220 Å². The summed E-state index contributed by atoms with van der Waals surface area (Å²) in [7, 11) is 7.11. The molecule has 3 N–H and O–H groups in total. The number of hydrogen-bond acceptors (Lipinski definition) is 8. The maximum atomic E-state index is 13.4. The molecule has 182 valence electrons. The van der Waals surface area contributed by atoms with Crippen molar-refractivity contribution in [3.05, 3.63) is 62.0 Å². The van der Waals surface area contributed by atoms with E-state index >= 15 is 0 Å². The highest BCUT2D eigenvalue weighted by Crippen LogP contribution is 2.48. The number of methoxy groups -OCH3 is 1. The topological polar surface area (TPSA) is 124 Å². The standard InChI is InChI=1S/C20H20Br2N4O6S2/c1-23-15(28)10(16(29)24(2)19(23)33)9(7-6-8(32-5)14(27)13(22)12(7)21)11-17(30)25(3)20(34)26(4)18(11)31/h6,9,27-28,30H,1-5H3. The zero-order chi connectivity index (χ0) is 25.8. The molecular weight excluding hydrogens is 616 g/mol. The van der Waals surface area contributed by atoms with Crippen LogP contribution in [-0.4, -0.2) is 40.7 Å². The van der Waals surface area contributed by atoms with Gasteiger partial charge in [-0.3, -0.25) is 27.9 Å². The number of halogens is 2. The lowest BCUT2D eigenvalue weighted by Gasteiger charge is -2.25. The summed E-state index contributed by atoms with van der Waals surface area (Å²) >= 11 is 17.1. The van der Waals surface area contributed by atoms with Crippen molar-refractivity contribution < 1.29 is 20.1 Å². The van der Waals surface area contributed by atoms with Crippen molar-refractivity contribution in [2.24, 2.45) is 28.2 Å². The number of aromatic nitrogens is 4. The van der Waals surface area contributed by atoms with Crippen LogP contribution in [-0.2, 0) is 28.2 Å². The Kier molecular flexibility index (Phi) is 7.18. The van der Waals surface area contributed by atoms with Crippen molar-refractivity contribution in [1.82, 2.24) is 18.3 Å². The first-order chi connectivity index (χ1) is 15.8. The van der Waals surface area contributed by atoms with E-state index in [2.05, 4.69) is 31.9 Å². The molecule has 2 aromatic heterocycles. The Hall–Kier alpha value is -2.42. The maximum absolute atomic E-state index is 13.4. The predicted molar refractivity (Wildman–Crippen MR) is 137 cm³/mol. The number of aromatic hydroxyl groups is 3. The van der Waals surface area contributed by atoms with Crippen LogP contribution in [0.25, 0.3) is 0 Å². The molecule has 0 unspecified atom stereocenters. The smallest absolute Gasteiger partial charge is 0.262 e. The van der Waals surface area contributed by atoms with Gasteiger partial charge < -0.3 is 20.1 Å². The van der Waals surface area contributed by atoms with E-state index in [-0.39, 0.29) is 46.7 Å². The van der Waals surface area contributed by atoms with Gasteiger partial charge in [0.15, 0.2) is 21.0 Å². The van der Waals surface area contributed by atoms with E-state index in [1.807, 2.05) is 0 Å². The third-order valence-electron chi connectivity index (χ3n) is 5.62. The summed E-state index contributed by atoms with van der Waals surface area (Å²) in [6.45, 7) is 0. The second-order valence-electron chi connectivity index (χ2n) is 7.46. The zero-order valence-corrected chi connectivity index (χ0v) is 23.4. The minimum Gasteiger partial charge on any atom is -0.503 e. The van der Waals surface area contributed by atoms with Gasteiger partial charge >= 0.3 is 0 Å².